The fourth-order valence-corrected chi connectivity index (χ4v) is 5.90. The van der Waals surface area contributed by atoms with Gasteiger partial charge in [0.15, 0.2) is 0 Å². The van der Waals surface area contributed by atoms with Gasteiger partial charge in [-0.2, -0.15) is 0 Å². The third-order valence-corrected chi connectivity index (χ3v) is 8.17. The zero-order chi connectivity index (χ0) is 28.9. The molecule has 0 bridgehead atoms. The number of allylic oxidation sites excluding steroid dienone is 1. The Morgan fingerprint density at radius 1 is 1.12 bits per heavy atom. The number of ether oxygens (including phenoxy) is 4. The van der Waals surface area contributed by atoms with Crippen LogP contribution in [0.3, 0.4) is 0 Å². The minimum atomic E-state index is -0.270. The molecule has 1 atom stereocenters. The number of pyridine rings is 2. The monoisotopic (exact) mass is 601 g/mol. The normalized spacial score (nSPS) is 18.0. The van der Waals surface area contributed by atoms with Crippen molar-refractivity contribution in [3.8, 4) is 22.6 Å². The van der Waals surface area contributed by atoms with Crippen LogP contribution in [0.15, 0.2) is 35.4 Å². The summed E-state index contributed by atoms with van der Waals surface area (Å²) in [6.45, 7) is 5.88. The molecule has 12 heteroatoms. The summed E-state index contributed by atoms with van der Waals surface area (Å²) >= 11 is 13.4. The molecule has 4 heterocycles. The van der Waals surface area contributed by atoms with E-state index in [4.69, 9.17) is 47.6 Å². The van der Waals surface area contributed by atoms with Gasteiger partial charge in [-0.05, 0) is 18.6 Å². The first-order chi connectivity index (χ1) is 20.0. The highest BCUT2D eigenvalue weighted by molar-refractivity contribution is 6.41. The molecule has 1 aromatic carbocycles. The fourth-order valence-electron chi connectivity index (χ4n) is 5.20. The van der Waals surface area contributed by atoms with E-state index in [9.17, 15) is 4.79 Å². The van der Waals surface area contributed by atoms with Gasteiger partial charge in [0.1, 0.15) is 11.5 Å². The van der Waals surface area contributed by atoms with E-state index in [2.05, 4.69) is 15.2 Å². The SMILES string of the molecule is COc1cc(OC)c(Cl)c(-c2cc3cnc(/C(C=N)=C/NCCN4CCOCC4)cc3n(C3CCOC3)c2=O)c1Cl. The molecule has 218 valence electrons. The maximum absolute atomic E-state index is 14.2. The lowest BCUT2D eigenvalue weighted by molar-refractivity contribution is 0.0388. The summed E-state index contributed by atoms with van der Waals surface area (Å²) in [6, 6.07) is 4.98. The number of rotatable bonds is 10. The number of nitrogens with zero attached hydrogens (tertiary/aromatic N) is 3. The van der Waals surface area contributed by atoms with Gasteiger partial charge in [-0.3, -0.25) is 14.7 Å². The number of fused-ring (bicyclic) bond motifs is 1. The smallest absolute Gasteiger partial charge is 0.259 e. The molecular weight excluding hydrogens is 569 g/mol. The van der Waals surface area contributed by atoms with E-state index in [1.165, 1.54) is 20.4 Å². The van der Waals surface area contributed by atoms with Crippen LogP contribution in [0.4, 0.5) is 0 Å². The third-order valence-electron chi connectivity index (χ3n) is 7.42. The summed E-state index contributed by atoms with van der Waals surface area (Å²) in [5, 5.41) is 12.5. The summed E-state index contributed by atoms with van der Waals surface area (Å²) < 4.78 is 23.7. The summed E-state index contributed by atoms with van der Waals surface area (Å²) in [6.07, 6.45) is 5.42. The molecule has 0 radical (unpaired) electrons. The van der Waals surface area contributed by atoms with Gasteiger partial charge in [-0.15, -0.1) is 0 Å². The Bertz CT molecular complexity index is 1490. The quantitative estimate of drug-likeness (QED) is 0.262. The van der Waals surface area contributed by atoms with Crippen LogP contribution >= 0.6 is 23.2 Å². The maximum Gasteiger partial charge on any atom is 0.259 e. The molecule has 0 amide bonds. The second-order valence-corrected chi connectivity index (χ2v) is 10.6. The molecule has 2 aliphatic rings. The van der Waals surface area contributed by atoms with E-state index in [0.717, 1.165) is 39.4 Å². The van der Waals surface area contributed by atoms with E-state index in [0.29, 0.717) is 64.4 Å². The second-order valence-electron chi connectivity index (χ2n) is 9.82. The lowest BCUT2D eigenvalue weighted by atomic mass is 10.0. The summed E-state index contributed by atoms with van der Waals surface area (Å²) in [4.78, 5) is 21.2. The molecule has 3 aromatic rings. The van der Waals surface area contributed by atoms with Crippen LogP contribution in [-0.2, 0) is 9.47 Å². The van der Waals surface area contributed by atoms with E-state index >= 15 is 0 Å². The molecule has 1 unspecified atom stereocenters. The minimum absolute atomic E-state index is 0.190. The number of benzene rings is 1. The zero-order valence-electron chi connectivity index (χ0n) is 23.0. The molecule has 0 spiro atoms. The maximum atomic E-state index is 14.2. The van der Waals surface area contributed by atoms with Crippen LogP contribution in [0, 0.1) is 5.41 Å². The lowest BCUT2D eigenvalue weighted by Crippen LogP contribution is -2.39. The van der Waals surface area contributed by atoms with Crippen molar-refractivity contribution >= 4 is 45.9 Å². The Morgan fingerprint density at radius 3 is 2.49 bits per heavy atom. The van der Waals surface area contributed by atoms with Crippen molar-refractivity contribution < 1.29 is 18.9 Å². The van der Waals surface area contributed by atoms with Crippen molar-refractivity contribution in [3.63, 3.8) is 0 Å². The van der Waals surface area contributed by atoms with Crippen LogP contribution in [-0.4, -0.2) is 87.5 Å². The van der Waals surface area contributed by atoms with Crippen molar-refractivity contribution in [1.29, 1.82) is 5.41 Å². The molecule has 2 aliphatic heterocycles. The molecule has 41 heavy (non-hydrogen) atoms. The highest BCUT2D eigenvalue weighted by Gasteiger charge is 2.27. The zero-order valence-corrected chi connectivity index (χ0v) is 24.6. The topological polar surface area (TPSA) is 111 Å². The number of morpholine rings is 1. The van der Waals surface area contributed by atoms with E-state index in [-0.39, 0.29) is 21.6 Å². The van der Waals surface area contributed by atoms with Crippen molar-refractivity contribution in [1.82, 2.24) is 19.8 Å². The van der Waals surface area contributed by atoms with Crippen LogP contribution in [0.5, 0.6) is 11.5 Å². The molecule has 0 aliphatic carbocycles. The van der Waals surface area contributed by atoms with Crippen molar-refractivity contribution in [2.75, 3.05) is 66.8 Å². The van der Waals surface area contributed by atoms with Gasteiger partial charge in [-0.1, -0.05) is 23.2 Å². The Hall–Kier alpha value is -3.15. The average molecular weight is 603 g/mol. The van der Waals surface area contributed by atoms with Gasteiger partial charge in [0.25, 0.3) is 5.56 Å². The van der Waals surface area contributed by atoms with E-state index in [1.807, 2.05) is 6.07 Å². The summed E-state index contributed by atoms with van der Waals surface area (Å²) in [5.74, 6) is 0.682. The van der Waals surface area contributed by atoms with Gasteiger partial charge in [0.05, 0.1) is 66.9 Å². The number of methoxy groups -OCH3 is 2. The molecular formula is C29H33Cl2N5O5. The Kier molecular flexibility index (Phi) is 9.46. The van der Waals surface area contributed by atoms with E-state index < -0.39 is 0 Å². The predicted octanol–water partition coefficient (Wildman–Crippen LogP) is 4.26. The van der Waals surface area contributed by atoms with Gasteiger partial charge in [0.2, 0.25) is 0 Å². The molecule has 2 N–H and O–H groups in total. The number of hydrogen-bond donors (Lipinski definition) is 2. The van der Waals surface area contributed by atoms with Gasteiger partial charge in [-0.25, -0.2) is 0 Å². The summed E-state index contributed by atoms with van der Waals surface area (Å²) in [7, 11) is 2.98. The highest BCUT2D eigenvalue weighted by Crippen LogP contribution is 2.45. The number of hydrogen-bond acceptors (Lipinski definition) is 9. The molecule has 5 rings (SSSR count). The fraction of sp³-hybridized carbons (Fsp3) is 0.414. The first-order valence-electron chi connectivity index (χ1n) is 13.4. The number of nitrogens with one attached hydrogen (secondary N) is 2. The third kappa shape index (κ3) is 6.07. The van der Waals surface area contributed by atoms with Crippen LogP contribution in [0.25, 0.3) is 27.6 Å². The number of halogens is 2. The van der Waals surface area contributed by atoms with Crippen molar-refractivity contribution in [2.45, 2.75) is 12.5 Å². The van der Waals surface area contributed by atoms with Crippen LogP contribution in [0.2, 0.25) is 10.0 Å². The van der Waals surface area contributed by atoms with Crippen LogP contribution in [0.1, 0.15) is 18.2 Å². The standard InChI is InChI=1S/C29H33Cl2N5O5/c1-38-24-13-25(39-2)28(31)26(27(24)30)21-11-18-16-34-22(12-23(18)36(29(21)37)20-3-8-41-17-20)19(14-32)15-33-4-5-35-6-9-40-10-7-35/h11-16,20,32-33H,3-10,17H2,1-2H3/b19-15+,32-14?. The largest absolute Gasteiger partial charge is 0.495 e. The Morgan fingerprint density at radius 2 is 1.85 bits per heavy atom. The first kappa shape index (κ1) is 29.3. The van der Waals surface area contributed by atoms with Gasteiger partial charge in [0, 0.05) is 74.0 Å². The number of aromatic nitrogens is 2. The van der Waals surface area contributed by atoms with Gasteiger partial charge >= 0.3 is 0 Å². The average Bonchev–Trinajstić information content (AvgIpc) is 3.52. The van der Waals surface area contributed by atoms with Crippen molar-refractivity contribution in [3.05, 3.63) is 56.7 Å². The predicted molar refractivity (Wildman–Crippen MR) is 161 cm³/mol. The molecule has 2 saturated heterocycles. The molecule has 10 nitrogen and oxygen atoms in total. The van der Waals surface area contributed by atoms with E-state index in [1.54, 1.807) is 29.1 Å². The first-order valence-corrected chi connectivity index (χ1v) is 14.2. The van der Waals surface area contributed by atoms with Gasteiger partial charge < -0.3 is 34.2 Å². The summed E-state index contributed by atoms with van der Waals surface area (Å²) in [5.41, 5.74) is 2.22. The molecule has 0 saturated carbocycles. The van der Waals surface area contributed by atoms with Crippen LogP contribution < -0.4 is 20.3 Å². The highest BCUT2D eigenvalue weighted by atomic mass is 35.5. The Labute approximate surface area is 248 Å². The van der Waals surface area contributed by atoms with Crippen molar-refractivity contribution in [2.24, 2.45) is 0 Å². The molecule has 2 aromatic heterocycles. The Balaban J connectivity index is 1.57. The second kappa shape index (κ2) is 13.2. The lowest BCUT2D eigenvalue weighted by Gasteiger charge is -2.26. The molecule has 2 fully saturated rings. The minimum Gasteiger partial charge on any atom is -0.495 e.